The van der Waals surface area contributed by atoms with Crippen molar-refractivity contribution in [3.05, 3.63) is 0 Å². The van der Waals surface area contributed by atoms with Crippen molar-refractivity contribution in [3.63, 3.8) is 0 Å². The van der Waals surface area contributed by atoms with Gasteiger partial charge in [-0.15, -0.1) is 0 Å². The minimum Gasteiger partial charge on any atom is -0.305 e. The Morgan fingerprint density at radius 3 is 3.11 bits per heavy atom. The van der Waals surface area contributed by atoms with Gasteiger partial charge >= 0.3 is 0 Å². The summed E-state index contributed by atoms with van der Waals surface area (Å²) in [5.41, 5.74) is 0. The van der Waals surface area contributed by atoms with E-state index >= 15 is 0 Å². The van der Waals surface area contributed by atoms with Crippen LogP contribution in [-0.2, 0) is 0 Å². The van der Waals surface area contributed by atoms with E-state index in [4.69, 9.17) is 0 Å². The summed E-state index contributed by atoms with van der Waals surface area (Å²) < 4.78 is 0. The zero-order valence-electron chi connectivity index (χ0n) is 5.84. The van der Waals surface area contributed by atoms with Gasteiger partial charge in [-0.05, 0) is 25.1 Å². The third kappa shape index (κ3) is 0.987. The van der Waals surface area contributed by atoms with Crippen molar-refractivity contribution in [1.82, 2.24) is 4.90 Å². The lowest BCUT2D eigenvalue weighted by molar-refractivity contribution is 0.392. The van der Waals surface area contributed by atoms with Crippen molar-refractivity contribution < 1.29 is 0 Å². The largest absolute Gasteiger partial charge is 0.305 e. The molecule has 0 amide bonds. The summed E-state index contributed by atoms with van der Waals surface area (Å²) in [4.78, 5) is 2.46. The molecular weight excluding hydrogens is 130 g/mol. The number of fused-ring (bicyclic) bond motifs is 1. The van der Waals surface area contributed by atoms with Crippen LogP contribution in [-0.4, -0.2) is 36.0 Å². The second-order valence-corrected chi connectivity index (χ2v) is 4.53. The lowest BCUT2D eigenvalue weighted by Crippen LogP contribution is -2.15. The molecular formula is C7H13NS. The van der Waals surface area contributed by atoms with Gasteiger partial charge in [0.1, 0.15) is 0 Å². The minimum atomic E-state index is 0.995. The maximum atomic E-state index is 2.46. The van der Waals surface area contributed by atoms with Gasteiger partial charge in [0.25, 0.3) is 0 Å². The maximum Gasteiger partial charge on any atom is 0.0215 e. The third-order valence-electron chi connectivity index (χ3n) is 2.38. The van der Waals surface area contributed by atoms with E-state index in [2.05, 4.69) is 23.7 Å². The fourth-order valence-electron chi connectivity index (χ4n) is 1.89. The van der Waals surface area contributed by atoms with Crippen molar-refractivity contribution in [2.75, 3.05) is 25.9 Å². The summed E-state index contributed by atoms with van der Waals surface area (Å²) >= 11 is 2.18. The van der Waals surface area contributed by atoms with Crippen LogP contribution in [0.3, 0.4) is 0 Å². The summed E-state index contributed by atoms with van der Waals surface area (Å²) in [6.45, 7) is 2.70. The van der Waals surface area contributed by atoms with Gasteiger partial charge in [-0.1, -0.05) is 0 Å². The molecule has 2 unspecified atom stereocenters. The van der Waals surface area contributed by atoms with E-state index in [0.717, 1.165) is 11.2 Å². The molecule has 2 fully saturated rings. The molecule has 0 spiro atoms. The number of nitrogens with zero attached hydrogens (tertiary/aromatic N) is 1. The van der Waals surface area contributed by atoms with E-state index in [0.29, 0.717) is 0 Å². The molecule has 52 valence electrons. The summed E-state index contributed by atoms with van der Waals surface area (Å²) in [5, 5.41) is 0.995. The Kier molecular flexibility index (Phi) is 1.46. The molecule has 2 aliphatic heterocycles. The van der Waals surface area contributed by atoms with E-state index in [9.17, 15) is 0 Å². The SMILES string of the molecule is CN1CC2CCSC2C1. The molecule has 2 heteroatoms. The van der Waals surface area contributed by atoms with Crippen LogP contribution in [0.15, 0.2) is 0 Å². The number of hydrogen-bond acceptors (Lipinski definition) is 2. The molecule has 0 aliphatic carbocycles. The first-order valence-electron chi connectivity index (χ1n) is 3.66. The van der Waals surface area contributed by atoms with Crippen molar-refractivity contribution in [1.29, 1.82) is 0 Å². The molecule has 0 aromatic heterocycles. The molecule has 2 heterocycles. The first kappa shape index (κ1) is 6.05. The van der Waals surface area contributed by atoms with Crippen LogP contribution >= 0.6 is 11.8 Å². The zero-order chi connectivity index (χ0) is 6.27. The van der Waals surface area contributed by atoms with E-state index in [1.165, 1.54) is 25.3 Å². The predicted octanol–water partition coefficient (Wildman–Crippen LogP) is 1.05. The smallest absolute Gasteiger partial charge is 0.0215 e. The number of thioether (sulfide) groups is 1. The number of rotatable bonds is 0. The topological polar surface area (TPSA) is 3.24 Å². The Morgan fingerprint density at radius 1 is 1.44 bits per heavy atom. The first-order chi connectivity index (χ1) is 4.36. The van der Waals surface area contributed by atoms with Crippen LogP contribution in [0.5, 0.6) is 0 Å². The normalized spacial score (nSPS) is 43.7. The summed E-state index contributed by atoms with van der Waals surface area (Å²) in [6, 6.07) is 0. The van der Waals surface area contributed by atoms with Crippen LogP contribution < -0.4 is 0 Å². The molecule has 2 saturated heterocycles. The molecule has 0 aromatic rings. The maximum absolute atomic E-state index is 2.46. The van der Waals surface area contributed by atoms with Gasteiger partial charge < -0.3 is 4.90 Å². The zero-order valence-corrected chi connectivity index (χ0v) is 6.66. The standard InChI is InChI=1S/C7H13NS/c1-8-4-6-2-3-9-7(6)5-8/h6-7H,2-5H2,1H3. The van der Waals surface area contributed by atoms with Crippen LogP contribution in [0, 0.1) is 5.92 Å². The van der Waals surface area contributed by atoms with Crippen LogP contribution in [0.1, 0.15) is 6.42 Å². The van der Waals surface area contributed by atoms with Crippen LogP contribution in [0.25, 0.3) is 0 Å². The van der Waals surface area contributed by atoms with Crippen molar-refractivity contribution in [2.45, 2.75) is 11.7 Å². The molecule has 2 aliphatic rings. The molecule has 0 aromatic carbocycles. The Labute approximate surface area is 60.8 Å². The second-order valence-electron chi connectivity index (χ2n) is 3.18. The van der Waals surface area contributed by atoms with E-state index in [-0.39, 0.29) is 0 Å². The van der Waals surface area contributed by atoms with Crippen LogP contribution in [0.4, 0.5) is 0 Å². The molecule has 0 radical (unpaired) electrons. The Hall–Kier alpha value is 0.310. The highest BCUT2D eigenvalue weighted by molar-refractivity contribution is 8.00. The molecule has 9 heavy (non-hydrogen) atoms. The van der Waals surface area contributed by atoms with E-state index in [1.807, 2.05) is 0 Å². The van der Waals surface area contributed by atoms with Gasteiger partial charge in [-0.2, -0.15) is 11.8 Å². The molecule has 2 rings (SSSR count). The predicted molar refractivity (Wildman–Crippen MR) is 41.9 cm³/mol. The molecule has 0 bridgehead atoms. The minimum absolute atomic E-state index is 0.995. The summed E-state index contributed by atoms with van der Waals surface area (Å²) in [6.07, 6.45) is 1.47. The molecule has 2 atom stereocenters. The lowest BCUT2D eigenvalue weighted by atomic mass is 10.1. The van der Waals surface area contributed by atoms with E-state index in [1.54, 1.807) is 0 Å². The highest BCUT2D eigenvalue weighted by Gasteiger charge is 2.34. The number of likely N-dealkylation sites (tertiary alicyclic amines) is 1. The van der Waals surface area contributed by atoms with Gasteiger partial charge in [0.2, 0.25) is 0 Å². The van der Waals surface area contributed by atoms with Gasteiger partial charge in [-0.3, -0.25) is 0 Å². The Balaban J connectivity index is 2.02. The Morgan fingerprint density at radius 2 is 2.33 bits per heavy atom. The van der Waals surface area contributed by atoms with Gasteiger partial charge in [0.05, 0.1) is 0 Å². The van der Waals surface area contributed by atoms with Crippen molar-refractivity contribution in [3.8, 4) is 0 Å². The highest BCUT2D eigenvalue weighted by Crippen LogP contribution is 2.36. The quantitative estimate of drug-likeness (QED) is 0.499. The third-order valence-corrected chi connectivity index (χ3v) is 3.82. The summed E-state index contributed by atoms with van der Waals surface area (Å²) in [5.74, 6) is 2.46. The lowest BCUT2D eigenvalue weighted by Gasteiger charge is -2.06. The highest BCUT2D eigenvalue weighted by atomic mass is 32.2. The monoisotopic (exact) mass is 143 g/mol. The number of hydrogen-bond donors (Lipinski definition) is 0. The average Bonchev–Trinajstić information content (AvgIpc) is 2.22. The Bertz CT molecular complexity index is 103. The average molecular weight is 143 g/mol. The summed E-state index contributed by atoms with van der Waals surface area (Å²) in [7, 11) is 2.24. The van der Waals surface area contributed by atoms with Crippen molar-refractivity contribution in [2.24, 2.45) is 5.92 Å². The fraction of sp³-hybridized carbons (Fsp3) is 1.00. The molecule has 0 N–H and O–H groups in total. The first-order valence-corrected chi connectivity index (χ1v) is 4.71. The van der Waals surface area contributed by atoms with E-state index < -0.39 is 0 Å². The molecule has 1 nitrogen and oxygen atoms in total. The second kappa shape index (κ2) is 2.17. The van der Waals surface area contributed by atoms with Gasteiger partial charge in [0, 0.05) is 18.3 Å². The molecule has 0 saturated carbocycles. The van der Waals surface area contributed by atoms with Gasteiger partial charge in [0.15, 0.2) is 0 Å². The van der Waals surface area contributed by atoms with Crippen LogP contribution in [0.2, 0.25) is 0 Å². The van der Waals surface area contributed by atoms with Gasteiger partial charge in [-0.25, -0.2) is 0 Å². The fourth-order valence-corrected chi connectivity index (χ4v) is 3.48. The van der Waals surface area contributed by atoms with Crippen molar-refractivity contribution >= 4 is 11.8 Å².